The number of hydrogen-bond donors (Lipinski definition) is 1. The van der Waals surface area contributed by atoms with Crippen LogP contribution < -0.4 is 14.4 Å². The van der Waals surface area contributed by atoms with E-state index in [1.165, 1.54) is 24.1 Å². The van der Waals surface area contributed by atoms with E-state index >= 15 is 0 Å². The van der Waals surface area contributed by atoms with Gasteiger partial charge in [-0.3, -0.25) is 13.9 Å². The lowest BCUT2D eigenvalue weighted by molar-refractivity contribution is -0.140. The minimum Gasteiger partial charge on any atom is -0.495 e. The average molecular weight is 721 g/mol. The average Bonchev–Trinajstić information content (AvgIpc) is 3.04. The van der Waals surface area contributed by atoms with Crippen molar-refractivity contribution in [2.75, 3.05) is 24.5 Å². The van der Waals surface area contributed by atoms with Crippen molar-refractivity contribution in [2.24, 2.45) is 5.92 Å². The molecule has 0 fully saturated rings. The molecule has 4 rings (SSSR count). The standard InChI is InChI=1S/C37H42BrN3O5S/c1-26(2)23-39-37(43)34(22-29-10-7-6-8-11-29)40(24-30-12-9-13-31(38)21-30)36(42)25-41(33-20-28(4)16-19-35(33)46-5)47(44,45)32-17-14-27(3)15-18-32/h6-21,26,34H,22-25H2,1-5H3,(H,39,43)/t34-/m1/s1. The van der Waals surface area contributed by atoms with Crippen LogP contribution in [0.15, 0.2) is 106 Å². The lowest BCUT2D eigenvalue weighted by Gasteiger charge is -2.34. The van der Waals surface area contributed by atoms with Crippen LogP contribution in [0.4, 0.5) is 5.69 Å². The van der Waals surface area contributed by atoms with Gasteiger partial charge >= 0.3 is 0 Å². The van der Waals surface area contributed by atoms with Crippen molar-refractivity contribution in [2.45, 2.75) is 51.6 Å². The second kappa shape index (κ2) is 16.1. The van der Waals surface area contributed by atoms with Crippen LogP contribution in [0.25, 0.3) is 0 Å². The summed E-state index contributed by atoms with van der Waals surface area (Å²) in [6, 6.07) is 27.8. The first-order valence-electron chi connectivity index (χ1n) is 15.5. The molecule has 0 saturated carbocycles. The third kappa shape index (κ3) is 9.45. The van der Waals surface area contributed by atoms with E-state index in [9.17, 15) is 18.0 Å². The Balaban J connectivity index is 1.85. The van der Waals surface area contributed by atoms with Crippen molar-refractivity contribution in [1.82, 2.24) is 10.2 Å². The Hall–Kier alpha value is -4.15. The fourth-order valence-corrected chi connectivity index (χ4v) is 7.02. The molecule has 0 bridgehead atoms. The molecule has 0 radical (unpaired) electrons. The zero-order chi connectivity index (χ0) is 34.1. The van der Waals surface area contributed by atoms with E-state index < -0.39 is 28.5 Å². The first kappa shape index (κ1) is 35.7. The molecule has 1 N–H and O–H groups in total. The van der Waals surface area contributed by atoms with Crippen molar-refractivity contribution < 1.29 is 22.7 Å². The second-order valence-electron chi connectivity index (χ2n) is 12.0. The van der Waals surface area contributed by atoms with E-state index in [0.717, 1.165) is 31.0 Å². The van der Waals surface area contributed by atoms with Crippen LogP contribution in [0.5, 0.6) is 5.75 Å². The van der Waals surface area contributed by atoms with Crippen LogP contribution in [0, 0.1) is 19.8 Å². The number of amides is 2. The van der Waals surface area contributed by atoms with Gasteiger partial charge in [0, 0.05) is 24.0 Å². The summed E-state index contributed by atoms with van der Waals surface area (Å²) in [4.78, 5) is 30.2. The van der Waals surface area contributed by atoms with Gasteiger partial charge in [0.25, 0.3) is 10.0 Å². The van der Waals surface area contributed by atoms with Crippen LogP contribution in [-0.2, 0) is 32.6 Å². The topological polar surface area (TPSA) is 96.0 Å². The van der Waals surface area contributed by atoms with Gasteiger partial charge in [-0.25, -0.2) is 8.42 Å². The highest BCUT2D eigenvalue weighted by Crippen LogP contribution is 2.34. The van der Waals surface area contributed by atoms with Gasteiger partial charge in [0.1, 0.15) is 18.3 Å². The first-order valence-corrected chi connectivity index (χ1v) is 17.7. The predicted molar refractivity (Wildman–Crippen MR) is 190 cm³/mol. The van der Waals surface area contributed by atoms with Crippen LogP contribution in [0.2, 0.25) is 0 Å². The molecule has 4 aromatic carbocycles. The number of sulfonamides is 1. The van der Waals surface area contributed by atoms with Crippen LogP contribution in [0.1, 0.15) is 36.1 Å². The maximum atomic E-state index is 14.7. The molecule has 47 heavy (non-hydrogen) atoms. The van der Waals surface area contributed by atoms with E-state index in [4.69, 9.17) is 4.74 Å². The Morgan fingerprint density at radius 2 is 1.51 bits per heavy atom. The van der Waals surface area contributed by atoms with Crippen molar-refractivity contribution in [3.63, 3.8) is 0 Å². The molecular weight excluding hydrogens is 678 g/mol. The third-order valence-corrected chi connectivity index (χ3v) is 9.96. The molecule has 0 aliphatic rings. The number of halogens is 1. The van der Waals surface area contributed by atoms with Crippen molar-refractivity contribution in [3.05, 3.63) is 124 Å². The number of ether oxygens (including phenoxy) is 1. The summed E-state index contributed by atoms with van der Waals surface area (Å²) in [5, 5.41) is 3.01. The molecule has 2 amide bonds. The number of nitrogens with one attached hydrogen (secondary N) is 1. The molecule has 0 spiro atoms. The Labute approximate surface area is 286 Å². The number of hydrogen-bond acceptors (Lipinski definition) is 5. The number of anilines is 1. The zero-order valence-corrected chi connectivity index (χ0v) is 29.8. The number of aryl methyl sites for hydroxylation is 2. The van der Waals surface area contributed by atoms with Crippen molar-refractivity contribution >= 4 is 43.5 Å². The Morgan fingerprint density at radius 3 is 2.15 bits per heavy atom. The maximum absolute atomic E-state index is 14.7. The van der Waals surface area contributed by atoms with Gasteiger partial charge in [-0.1, -0.05) is 96.0 Å². The molecule has 10 heteroatoms. The van der Waals surface area contributed by atoms with E-state index in [1.54, 1.807) is 24.3 Å². The number of carbonyl (C=O) groups is 2. The normalized spacial score (nSPS) is 12.0. The summed E-state index contributed by atoms with van der Waals surface area (Å²) in [6.45, 7) is 7.66. The quantitative estimate of drug-likeness (QED) is 0.157. The second-order valence-corrected chi connectivity index (χ2v) is 14.8. The van der Waals surface area contributed by atoms with Crippen molar-refractivity contribution in [3.8, 4) is 5.75 Å². The summed E-state index contributed by atoms with van der Waals surface area (Å²) in [6.07, 6.45) is 0.239. The molecule has 0 aromatic heterocycles. The fourth-order valence-electron chi connectivity index (χ4n) is 5.15. The minimum atomic E-state index is -4.26. The van der Waals surface area contributed by atoms with Gasteiger partial charge in [0.2, 0.25) is 11.8 Å². The summed E-state index contributed by atoms with van der Waals surface area (Å²) in [5.41, 5.74) is 3.57. The molecule has 1 atom stereocenters. The monoisotopic (exact) mass is 719 g/mol. The van der Waals surface area contributed by atoms with E-state index in [-0.39, 0.29) is 35.4 Å². The summed E-state index contributed by atoms with van der Waals surface area (Å²) >= 11 is 3.52. The Bertz CT molecular complexity index is 1780. The number of carbonyl (C=O) groups excluding carboxylic acids is 2. The van der Waals surface area contributed by atoms with E-state index in [2.05, 4.69) is 21.2 Å². The summed E-state index contributed by atoms with van der Waals surface area (Å²) < 4.78 is 36.3. The molecular formula is C37H42BrN3O5S. The van der Waals surface area contributed by atoms with E-state index in [0.29, 0.717) is 12.3 Å². The lowest BCUT2D eigenvalue weighted by Crippen LogP contribution is -2.53. The molecule has 0 aliphatic heterocycles. The number of methoxy groups -OCH3 is 1. The minimum absolute atomic E-state index is 0.0357. The van der Waals surface area contributed by atoms with Crippen LogP contribution in [0.3, 0.4) is 0 Å². The van der Waals surface area contributed by atoms with Gasteiger partial charge in [-0.15, -0.1) is 0 Å². The molecule has 8 nitrogen and oxygen atoms in total. The van der Waals surface area contributed by atoms with E-state index in [1.807, 2.05) is 88.4 Å². The number of rotatable bonds is 14. The smallest absolute Gasteiger partial charge is 0.264 e. The highest BCUT2D eigenvalue weighted by molar-refractivity contribution is 9.10. The van der Waals surface area contributed by atoms with Gasteiger partial charge < -0.3 is 15.0 Å². The molecule has 4 aromatic rings. The zero-order valence-electron chi connectivity index (χ0n) is 27.4. The maximum Gasteiger partial charge on any atom is 0.264 e. The summed E-state index contributed by atoms with van der Waals surface area (Å²) in [7, 11) is -2.80. The van der Waals surface area contributed by atoms with Crippen LogP contribution >= 0.6 is 15.9 Å². The Morgan fingerprint density at radius 1 is 0.851 bits per heavy atom. The fraction of sp³-hybridized carbons (Fsp3) is 0.297. The molecule has 0 saturated heterocycles. The highest BCUT2D eigenvalue weighted by Gasteiger charge is 2.35. The van der Waals surface area contributed by atoms with Gasteiger partial charge in [-0.2, -0.15) is 0 Å². The first-order chi connectivity index (χ1) is 22.4. The number of nitrogens with zero attached hydrogens (tertiary/aromatic N) is 2. The third-order valence-electron chi connectivity index (χ3n) is 7.69. The van der Waals surface area contributed by atoms with Crippen molar-refractivity contribution in [1.29, 1.82) is 0 Å². The summed E-state index contributed by atoms with van der Waals surface area (Å²) in [5.74, 6) is -0.362. The molecule has 248 valence electrons. The molecule has 0 heterocycles. The van der Waals surface area contributed by atoms with Gasteiger partial charge in [0.05, 0.1) is 17.7 Å². The van der Waals surface area contributed by atoms with Gasteiger partial charge in [-0.05, 0) is 72.9 Å². The largest absolute Gasteiger partial charge is 0.495 e. The molecule has 0 aliphatic carbocycles. The lowest BCUT2D eigenvalue weighted by atomic mass is 10.0. The SMILES string of the molecule is COc1ccc(C)cc1N(CC(=O)N(Cc1cccc(Br)c1)[C@H](Cc1ccccc1)C(=O)NCC(C)C)S(=O)(=O)c1ccc(C)cc1. The predicted octanol–water partition coefficient (Wildman–Crippen LogP) is 6.68. The highest BCUT2D eigenvalue weighted by atomic mass is 79.9. The Kier molecular flexibility index (Phi) is 12.2. The molecule has 0 unspecified atom stereocenters. The number of benzene rings is 4. The van der Waals surface area contributed by atoms with Crippen LogP contribution in [-0.4, -0.2) is 51.4 Å². The van der Waals surface area contributed by atoms with Gasteiger partial charge in [0.15, 0.2) is 0 Å².